The first-order chi connectivity index (χ1) is 13.2. The second kappa shape index (κ2) is 7.85. The summed E-state index contributed by atoms with van der Waals surface area (Å²) in [6.07, 6.45) is 3.08. The van der Waals surface area contributed by atoms with Crippen molar-refractivity contribution in [1.82, 2.24) is 19.9 Å². The molecule has 9 heteroatoms. The minimum Gasteiger partial charge on any atom is -0.438 e. The van der Waals surface area contributed by atoms with E-state index in [2.05, 4.69) is 36.2 Å². The number of hydrogen-bond acceptors (Lipinski definition) is 6. The van der Waals surface area contributed by atoms with Gasteiger partial charge in [0, 0.05) is 29.4 Å². The molecule has 27 heavy (non-hydrogen) atoms. The highest BCUT2D eigenvalue weighted by molar-refractivity contribution is 9.10. The number of fused-ring (bicyclic) bond motifs is 1. The van der Waals surface area contributed by atoms with Crippen molar-refractivity contribution in [2.75, 3.05) is 31.6 Å². The summed E-state index contributed by atoms with van der Waals surface area (Å²) in [5.74, 6) is 1.01. The molecule has 1 saturated heterocycles. The van der Waals surface area contributed by atoms with Gasteiger partial charge in [-0.15, -0.1) is 0 Å². The molecular weight excluding hydrogens is 414 g/mol. The summed E-state index contributed by atoms with van der Waals surface area (Å²) < 4.78 is 11.9. The number of hydrogen-bond donors (Lipinski definition) is 1. The topological polar surface area (TPSA) is 89.5 Å². The number of carbonyl (C=O) groups excluding carboxylic acids is 1. The molecule has 1 N–H and O–H groups in total. The highest BCUT2D eigenvalue weighted by Gasteiger charge is 2.16. The molecule has 0 unspecified atom stereocenters. The first-order valence-corrected chi connectivity index (χ1v) is 9.16. The lowest BCUT2D eigenvalue weighted by Gasteiger charge is -2.26. The number of aromatic nitrogens is 3. The van der Waals surface area contributed by atoms with Crippen molar-refractivity contribution in [2.24, 2.45) is 0 Å². The van der Waals surface area contributed by atoms with Crippen LogP contribution < -0.4 is 10.1 Å². The first-order valence-electron chi connectivity index (χ1n) is 8.37. The molecule has 2 amide bonds. The Bertz CT molecular complexity index is 961. The van der Waals surface area contributed by atoms with Gasteiger partial charge in [-0.25, -0.2) is 19.7 Å². The third-order valence-corrected chi connectivity index (χ3v) is 4.47. The molecule has 0 spiro atoms. The summed E-state index contributed by atoms with van der Waals surface area (Å²) in [6.45, 7) is 2.32. The molecule has 1 aliphatic rings. The van der Waals surface area contributed by atoms with Crippen molar-refractivity contribution >= 4 is 38.7 Å². The fourth-order valence-electron chi connectivity index (χ4n) is 2.67. The smallest absolute Gasteiger partial charge is 0.321 e. The van der Waals surface area contributed by atoms with Crippen molar-refractivity contribution in [1.29, 1.82) is 0 Å². The van der Waals surface area contributed by atoms with Gasteiger partial charge in [-0.05, 0) is 46.3 Å². The van der Waals surface area contributed by atoms with Crippen LogP contribution in [0.4, 0.5) is 10.5 Å². The minimum absolute atomic E-state index is 0.135. The normalized spacial score (nSPS) is 14.2. The fraction of sp³-hybridized carbons (Fsp3) is 0.222. The fourth-order valence-corrected chi connectivity index (χ4v) is 3.00. The molecule has 0 atom stereocenters. The molecule has 0 radical (unpaired) electrons. The van der Waals surface area contributed by atoms with E-state index in [0.717, 1.165) is 4.47 Å². The van der Waals surface area contributed by atoms with Crippen LogP contribution in [0.25, 0.3) is 11.0 Å². The second-order valence-corrected chi connectivity index (χ2v) is 6.78. The number of nitrogens with one attached hydrogen (secondary N) is 1. The summed E-state index contributed by atoms with van der Waals surface area (Å²) in [7, 11) is 0. The zero-order chi connectivity index (χ0) is 18.6. The average Bonchev–Trinajstić information content (AvgIpc) is 2.70. The lowest BCUT2D eigenvalue weighted by atomic mass is 10.3. The summed E-state index contributed by atoms with van der Waals surface area (Å²) >= 11 is 3.39. The van der Waals surface area contributed by atoms with Crippen LogP contribution in [-0.4, -0.2) is 52.2 Å². The van der Waals surface area contributed by atoms with Gasteiger partial charge in [-0.2, -0.15) is 0 Å². The van der Waals surface area contributed by atoms with Crippen LogP contribution in [0.3, 0.4) is 0 Å². The van der Waals surface area contributed by atoms with E-state index in [1.807, 2.05) is 6.07 Å². The SMILES string of the molecule is O=C(Nc1ccc(Oc2ncnc3ncc(Br)cc23)cc1)N1CCOCC1. The molecule has 4 rings (SSSR count). The van der Waals surface area contributed by atoms with E-state index in [1.165, 1.54) is 6.33 Å². The van der Waals surface area contributed by atoms with E-state index >= 15 is 0 Å². The zero-order valence-electron chi connectivity index (χ0n) is 14.3. The van der Waals surface area contributed by atoms with Crippen molar-refractivity contribution in [3.63, 3.8) is 0 Å². The maximum atomic E-state index is 12.2. The number of nitrogens with zero attached hydrogens (tertiary/aromatic N) is 4. The lowest BCUT2D eigenvalue weighted by Crippen LogP contribution is -2.43. The third kappa shape index (κ3) is 4.15. The molecule has 138 valence electrons. The number of anilines is 1. The van der Waals surface area contributed by atoms with Crippen molar-refractivity contribution in [2.45, 2.75) is 0 Å². The average molecular weight is 430 g/mol. The number of pyridine rings is 1. The quantitative estimate of drug-likeness (QED) is 0.685. The standard InChI is InChI=1S/C18H16BrN5O3/c19-12-9-15-16(20-10-12)21-11-22-17(15)27-14-3-1-13(2-4-14)23-18(25)24-5-7-26-8-6-24/h1-4,9-11H,5-8H2,(H,23,25). The van der Waals surface area contributed by atoms with Gasteiger partial charge in [0.05, 0.1) is 18.6 Å². The largest absolute Gasteiger partial charge is 0.438 e. The van der Waals surface area contributed by atoms with Gasteiger partial charge in [0.25, 0.3) is 0 Å². The molecule has 3 aromatic rings. The highest BCUT2D eigenvalue weighted by atomic mass is 79.9. The Morgan fingerprint density at radius 3 is 2.70 bits per heavy atom. The van der Waals surface area contributed by atoms with Crippen LogP contribution in [0.15, 0.2) is 47.3 Å². The third-order valence-electron chi connectivity index (χ3n) is 4.04. The molecule has 1 aromatic carbocycles. The van der Waals surface area contributed by atoms with Crippen LogP contribution in [0.1, 0.15) is 0 Å². The van der Waals surface area contributed by atoms with Crippen molar-refractivity contribution in [3.05, 3.63) is 47.3 Å². The number of ether oxygens (including phenoxy) is 2. The lowest BCUT2D eigenvalue weighted by molar-refractivity contribution is 0.0564. The van der Waals surface area contributed by atoms with Crippen molar-refractivity contribution < 1.29 is 14.3 Å². The molecule has 2 aromatic heterocycles. The summed E-state index contributed by atoms with van der Waals surface area (Å²) in [5.41, 5.74) is 1.24. The Morgan fingerprint density at radius 1 is 1.15 bits per heavy atom. The van der Waals surface area contributed by atoms with Gasteiger partial charge in [0.2, 0.25) is 5.88 Å². The number of amides is 2. The predicted octanol–water partition coefficient (Wildman–Crippen LogP) is 3.44. The van der Waals surface area contributed by atoms with Gasteiger partial charge in [-0.3, -0.25) is 0 Å². The van der Waals surface area contributed by atoms with E-state index in [1.54, 1.807) is 35.4 Å². The minimum atomic E-state index is -0.135. The number of benzene rings is 1. The van der Waals surface area contributed by atoms with Crippen LogP contribution in [0.5, 0.6) is 11.6 Å². The second-order valence-electron chi connectivity index (χ2n) is 5.86. The van der Waals surface area contributed by atoms with Crippen molar-refractivity contribution in [3.8, 4) is 11.6 Å². The van der Waals surface area contributed by atoms with E-state index in [0.29, 0.717) is 54.7 Å². The number of halogens is 1. The van der Waals surface area contributed by atoms with E-state index in [-0.39, 0.29) is 6.03 Å². The molecule has 0 saturated carbocycles. The number of urea groups is 1. The Morgan fingerprint density at radius 2 is 1.93 bits per heavy atom. The number of carbonyl (C=O) groups is 1. The molecule has 3 heterocycles. The Labute approximate surface area is 163 Å². The van der Waals surface area contributed by atoms with Gasteiger partial charge in [-0.1, -0.05) is 0 Å². The maximum absolute atomic E-state index is 12.2. The molecular formula is C18H16BrN5O3. The molecule has 1 fully saturated rings. The van der Waals surface area contributed by atoms with Gasteiger partial charge in [0.1, 0.15) is 12.1 Å². The van der Waals surface area contributed by atoms with E-state index in [9.17, 15) is 4.79 Å². The van der Waals surface area contributed by atoms with E-state index in [4.69, 9.17) is 9.47 Å². The monoisotopic (exact) mass is 429 g/mol. The van der Waals surface area contributed by atoms with Gasteiger partial charge in [0.15, 0.2) is 5.65 Å². The Balaban J connectivity index is 1.47. The zero-order valence-corrected chi connectivity index (χ0v) is 15.8. The molecule has 8 nitrogen and oxygen atoms in total. The van der Waals surface area contributed by atoms with Crippen LogP contribution in [-0.2, 0) is 4.74 Å². The molecule has 0 bridgehead atoms. The van der Waals surface area contributed by atoms with Gasteiger partial charge < -0.3 is 19.7 Å². The van der Waals surface area contributed by atoms with Gasteiger partial charge >= 0.3 is 6.03 Å². The maximum Gasteiger partial charge on any atom is 0.321 e. The summed E-state index contributed by atoms with van der Waals surface area (Å²) in [4.78, 5) is 26.5. The summed E-state index contributed by atoms with van der Waals surface area (Å²) in [6, 6.07) is 8.83. The number of morpholine rings is 1. The summed E-state index contributed by atoms with van der Waals surface area (Å²) in [5, 5.41) is 3.58. The molecule has 1 aliphatic heterocycles. The first kappa shape index (κ1) is 17.6. The van der Waals surface area contributed by atoms with E-state index < -0.39 is 0 Å². The Hall–Kier alpha value is -2.78. The predicted molar refractivity (Wildman–Crippen MR) is 103 cm³/mol. The van der Waals surface area contributed by atoms with Crippen LogP contribution >= 0.6 is 15.9 Å². The highest BCUT2D eigenvalue weighted by Crippen LogP contribution is 2.28. The van der Waals surface area contributed by atoms with Crippen LogP contribution in [0, 0.1) is 0 Å². The molecule has 0 aliphatic carbocycles. The Kier molecular flexibility index (Phi) is 5.12. The number of rotatable bonds is 3. The van der Waals surface area contributed by atoms with Crippen LogP contribution in [0.2, 0.25) is 0 Å².